The third-order valence-electron chi connectivity index (χ3n) is 3.67. The summed E-state index contributed by atoms with van der Waals surface area (Å²) in [4.78, 5) is 11.4. The number of hydrazone groups is 1. The summed E-state index contributed by atoms with van der Waals surface area (Å²) in [7, 11) is 1.56. The Bertz CT molecular complexity index is 1050. The SMILES string of the molecule is COc1cc(/C=N\Nc2cn[nH]c(=O)c2Cl)ccc1OCc1cccc(Cl)c1. The summed E-state index contributed by atoms with van der Waals surface area (Å²) in [5.41, 5.74) is 4.19. The second kappa shape index (κ2) is 9.25. The Labute approximate surface area is 170 Å². The molecule has 0 atom stereocenters. The lowest BCUT2D eigenvalue weighted by atomic mass is 10.2. The Hall–Kier alpha value is -3.03. The monoisotopic (exact) mass is 418 g/mol. The Morgan fingerprint density at radius 3 is 2.86 bits per heavy atom. The zero-order valence-electron chi connectivity index (χ0n) is 14.8. The summed E-state index contributed by atoms with van der Waals surface area (Å²) in [6.45, 7) is 0.361. The van der Waals surface area contributed by atoms with Gasteiger partial charge in [-0.1, -0.05) is 35.3 Å². The first-order valence-corrected chi connectivity index (χ1v) is 8.90. The fourth-order valence-corrected chi connectivity index (χ4v) is 2.66. The minimum atomic E-state index is -0.496. The van der Waals surface area contributed by atoms with E-state index in [-0.39, 0.29) is 5.02 Å². The van der Waals surface area contributed by atoms with Gasteiger partial charge in [-0.05, 0) is 41.5 Å². The number of nitrogens with one attached hydrogen (secondary N) is 2. The molecule has 0 saturated carbocycles. The molecule has 0 aliphatic rings. The third-order valence-corrected chi connectivity index (χ3v) is 4.28. The molecule has 0 spiro atoms. The molecule has 2 aromatic carbocycles. The molecule has 0 fully saturated rings. The fraction of sp³-hybridized carbons (Fsp3) is 0.105. The van der Waals surface area contributed by atoms with Crippen molar-refractivity contribution in [1.29, 1.82) is 0 Å². The number of ether oxygens (including phenoxy) is 2. The number of rotatable bonds is 7. The van der Waals surface area contributed by atoms with Gasteiger partial charge in [-0.3, -0.25) is 10.2 Å². The number of anilines is 1. The summed E-state index contributed by atoms with van der Waals surface area (Å²) in [6.07, 6.45) is 2.93. The lowest BCUT2D eigenvalue weighted by molar-refractivity contribution is 0.284. The van der Waals surface area contributed by atoms with E-state index in [2.05, 4.69) is 20.7 Å². The van der Waals surface area contributed by atoms with Crippen LogP contribution in [0.3, 0.4) is 0 Å². The highest BCUT2D eigenvalue weighted by atomic mass is 35.5. The number of hydrogen-bond donors (Lipinski definition) is 2. The number of H-pyrrole nitrogens is 1. The van der Waals surface area contributed by atoms with Crippen molar-refractivity contribution in [2.45, 2.75) is 6.61 Å². The van der Waals surface area contributed by atoms with Gasteiger partial charge in [0, 0.05) is 5.02 Å². The van der Waals surface area contributed by atoms with Crippen molar-refractivity contribution < 1.29 is 9.47 Å². The van der Waals surface area contributed by atoms with Gasteiger partial charge in [0.2, 0.25) is 0 Å². The molecule has 144 valence electrons. The molecular weight excluding hydrogens is 403 g/mol. The Balaban J connectivity index is 1.68. The minimum absolute atomic E-state index is 0.0190. The molecule has 3 aromatic rings. The van der Waals surface area contributed by atoms with E-state index in [1.54, 1.807) is 25.5 Å². The number of nitrogens with zero attached hydrogens (tertiary/aromatic N) is 2. The van der Waals surface area contributed by atoms with Gasteiger partial charge < -0.3 is 9.47 Å². The van der Waals surface area contributed by atoms with E-state index in [9.17, 15) is 4.79 Å². The quantitative estimate of drug-likeness (QED) is 0.445. The van der Waals surface area contributed by atoms with Crippen LogP contribution in [0.25, 0.3) is 0 Å². The van der Waals surface area contributed by atoms with Crippen LogP contribution in [0, 0.1) is 0 Å². The van der Waals surface area contributed by atoms with Crippen LogP contribution in [0.2, 0.25) is 10.0 Å². The van der Waals surface area contributed by atoms with E-state index >= 15 is 0 Å². The first kappa shape index (κ1) is 19.7. The van der Waals surface area contributed by atoms with Crippen LogP contribution >= 0.6 is 23.2 Å². The van der Waals surface area contributed by atoms with Crippen LogP contribution in [0.5, 0.6) is 11.5 Å². The predicted molar refractivity (Wildman–Crippen MR) is 110 cm³/mol. The van der Waals surface area contributed by atoms with Crippen molar-refractivity contribution in [2.24, 2.45) is 5.10 Å². The molecule has 0 aliphatic heterocycles. The van der Waals surface area contributed by atoms with Gasteiger partial charge in [0.1, 0.15) is 17.3 Å². The number of methoxy groups -OCH3 is 1. The Morgan fingerprint density at radius 2 is 2.07 bits per heavy atom. The molecule has 1 aromatic heterocycles. The molecule has 0 bridgehead atoms. The second-order valence-corrected chi connectivity index (χ2v) is 6.44. The van der Waals surface area contributed by atoms with Crippen molar-refractivity contribution in [2.75, 3.05) is 12.5 Å². The van der Waals surface area contributed by atoms with Gasteiger partial charge in [0.05, 0.1) is 19.5 Å². The van der Waals surface area contributed by atoms with E-state index < -0.39 is 5.56 Å². The largest absolute Gasteiger partial charge is 0.493 e. The van der Waals surface area contributed by atoms with Crippen molar-refractivity contribution in [3.63, 3.8) is 0 Å². The summed E-state index contributed by atoms with van der Waals surface area (Å²) >= 11 is 11.9. The number of aromatic nitrogens is 2. The predicted octanol–water partition coefficient (Wildman–Crippen LogP) is 4.11. The zero-order chi connectivity index (χ0) is 19.9. The fourth-order valence-electron chi connectivity index (χ4n) is 2.31. The van der Waals surface area contributed by atoms with Crippen LogP contribution in [0.15, 0.2) is 58.6 Å². The number of hydrogen-bond acceptors (Lipinski definition) is 6. The molecule has 0 radical (unpaired) electrons. The number of halogens is 2. The molecule has 7 nitrogen and oxygen atoms in total. The highest BCUT2D eigenvalue weighted by Gasteiger charge is 2.07. The maximum Gasteiger partial charge on any atom is 0.285 e. The van der Waals surface area contributed by atoms with Gasteiger partial charge in [-0.2, -0.15) is 10.2 Å². The molecule has 0 aliphatic carbocycles. The van der Waals surface area contributed by atoms with E-state index in [0.717, 1.165) is 11.1 Å². The summed E-state index contributed by atoms with van der Waals surface area (Å²) in [5, 5.41) is 10.6. The van der Waals surface area contributed by atoms with E-state index in [4.69, 9.17) is 32.7 Å². The lowest BCUT2D eigenvalue weighted by Crippen LogP contribution is -2.10. The van der Waals surface area contributed by atoms with Crippen LogP contribution in [-0.2, 0) is 6.61 Å². The molecule has 9 heteroatoms. The summed E-state index contributed by atoms with van der Waals surface area (Å²) in [6, 6.07) is 12.8. The van der Waals surface area contributed by atoms with E-state index in [0.29, 0.717) is 28.8 Å². The van der Waals surface area contributed by atoms with Crippen molar-refractivity contribution in [1.82, 2.24) is 10.2 Å². The molecule has 1 heterocycles. The van der Waals surface area contributed by atoms with Gasteiger partial charge in [-0.25, -0.2) is 5.10 Å². The second-order valence-electron chi connectivity index (χ2n) is 5.63. The lowest BCUT2D eigenvalue weighted by Gasteiger charge is -2.11. The average Bonchev–Trinajstić information content (AvgIpc) is 2.70. The van der Waals surface area contributed by atoms with E-state index in [1.165, 1.54) is 6.20 Å². The Kier molecular flexibility index (Phi) is 6.52. The Morgan fingerprint density at radius 1 is 1.21 bits per heavy atom. The van der Waals surface area contributed by atoms with E-state index in [1.807, 2.05) is 30.3 Å². The maximum absolute atomic E-state index is 11.4. The first-order valence-electron chi connectivity index (χ1n) is 8.14. The molecule has 28 heavy (non-hydrogen) atoms. The number of benzene rings is 2. The molecule has 2 N–H and O–H groups in total. The maximum atomic E-state index is 11.4. The van der Waals surface area contributed by atoms with Crippen molar-refractivity contribution >= 4 is 35.1 Å². The minimum Gasteiger partial charge on any atom is -0.493 e. The molecule has 0 amide bonds. The van der Waals surface area contributed by atoms with Crippen LogP contribution in [-0.4, -0.2) is 23.5 Å². The molecule has 0 unspecified atom stereocenters. The summed E-state index contributed by atoms with van der Waals surface area (Å²) < 4.78 is 11.2. The molecule has 0 saturated heterocycles. The molecule has 3 rings (SSSR count). The van der Waals surface area contributed by atoms with Crippen molar-refractivity contribution in [3.8, 4) is 11.5 Å². The van der Waals surface area contributed by atoms with Gasteiger partial charge in [-0.15, -0.1) is 0 Å². The van der Waals surface area contributed by atoms with Crippen LogP contribution in [0.1, 0.15) is 11.1 Å². The van der Waals surface area contributed by atoms with Gasteiger partial charge in [0.25, 0.3) is 5.56 Å². The molecular formula is C19H16Cl2N4O3. The topological polar surface area (TPSA) is 88.6 Å². The first-order chi connectivity index (χ1) is 13.6. The van der Waals surface area contributed by atoms with Crippen molar-refractivity contribution in [3.05, 3.63) is 80.2 Å². The van der Waals surface area contributed by atoms with Gasteiger partial charge >= 0.3 is 0 Å². The summed E-state index contributed by atoms with van der Waals surface area (Å²) in [5.74, 6) is 1.15. The zero-order valence-corrected chi connectivity index (χ0v) is 16.3. The van der Waals surface area contributed by atoms with Gasteiger partial charge in [0.15, 0.2) is 11.5 Å². The third kappa shape index (κ3) is 5.03. The smallest absolute Gasteiger partial charge is 0.285 e. The van der Waals surface area contributed by atoms with Crippen LogP contribution < -0.4 is 20.5 Å². The average molecular weight is 419 g/mol. The standard InChI is InChI=1S/C19H16Cl2N4O3/c1-27-17-8-12(9-22-24-15-10-23-25-19(26)18(15)21)5-6-16(17)28-11-13-3-2-4-14(20)7-13/h2-10H,11H2,1H3,(H2,24,25,26)/b22-9-. The van der Waals surface area contributed by atoms with Crippen LogP contribution in [0.4, 0.5) is 5.69 Å². The number of aromatic amines is 1. The normalized spacial score (nSPS) is 10.8. The highest BCUT2D eigenvalue weighted by molar-refractivity contribution is 6.32. The highest BCUT2D eigenvalue weighted by Crippen LogP contribution is 2.28.